The summed E-state index contributed by atoms with van der Waals surface area (Å²) in [6, 6.07) is 0. The molecule has 3 heteroatoms. The van der Waals surface area contributed by atoms with Crippen LogP contribution in [0.2, 0.25) is 0 Å². The van der Waals surface area contributed by atoms with E-state index in [0.29, 0.717) is 0 Å². The lowest BCUT2D eigenvalue weighted by Crippen LogP contribution is -2.42. The summed E-state index contributed by atoms with van der Waals surface area (Å²) in [7, 11) is 0. The van der Waals surface area contributed by atoms with E-state index in [4.69, 9.17) is 0 Å². The first-order valence-electron chi connectivity index (χ1n) is 3.81. The standard InChI is InChI=1S/C7H14N2O/c10-6-8-3-1-2-7-4-9-5-7/h6-7,9H,1-5H2,(H,8,10). The molecular formula is C7H14N2O. The van der Waals surface area contributed by atoms with Crippen LogP contribution in [-0.2, 0) is 4.79 Å². The van der Waals surface area contributed by atoms with Crippen molar-refractivity contribution in [2.75, 3.05) is 19.6 Å². The molecule has 0 atom stereocenters. The zero-order valence-corrected chi connectivity index (χ0v) is 6.10. The number of hydrogen-bond donors (Lipinski definition) is 2. The molecule has 0 radical (unpaired) electrons. The maximum atomic E-state index is 9.81. The van der Waals surface area contributed by atoms with Crippen LogP contribution in [0.5, 0.6) is 0 Å². The molecule has 1 amide bonds. The van der Waals surface area contributed by atoms with Crippen LogP contribution in [0.15, 0.2) is 0 Å². The smallest absolute Gasteiger partial charge is 0.207 e. The molecular weight excluding hydrogens is 128 g/mol. The predicted molar refractivity (Wildman–Crippen MR) is 39.7 cm³/mol. The van der Waals surface area contributed by atoms with Gasteiger partial charge in [0.05, 0.1) is 0 Å². The lowest BCUT2D eigenvalue weighted by molar-refractivity contribution is -0.109. The van der Waals surface area contributed by atoms with Gasteiger partial charge in [-0.1, -0.05) is 0 Å². The minimum Gasteiger partial charge on any atom is -0.359 e. The van der Waals surface area contributed by atoms with Gasteiger partial charge in [0.2, 0.25) is 6.41 Å². The molecule has 0 unspecified atom stereocenters. The van der Waals surface area contributed by atoms with E-state index in [1.54, 1.807) is 0 Å². The number of carbonyl (C=O) groups excluding carboxylic acids is 1. The third kappa shape index (κ3) is 2.35. The normalized spacial score (nSPS) is 18.0. The molecule has 1 aliphatic heterocycles. The molecule has 0 aliphatic carbocycles. The van der Waals surface area contributed by atoms with Crippen LogP contribution in [0.25, 0.3) is 0 Å². The molecule has 1 aliphatic rings. The summed E-state index contributed by atoms with van der Waals surface area (Å²) in [5, 5.41) is 5.86. The Kier molecular flexibility index (Phi) is 3.22. The molecule has 0 bridgehead atoms. The summed E-state index contributed by atoms with van der Waals surface area (Å²) in [6.45, 7) is 3.17. The zero-order valence-electron chi connectivity index (χ0n) is 6.10. The van der Waals surface area contributed by atoms with Crippen molar-refractivity contribution in [3.8, 4) is 0 Å². The first-order chi connectivity index (χ1) is 4.93. The van der Waals surface area contributed by atoms with Gasteiger partial charge in [0.15, 0.2) is 0 Å². The Morgan fingerprint density at radius 3 is 2.90 bits per heavy atom. The third-order valence-electron chi connectivity index (χ3n) is 1.88. The second-order valence-electron chi connectivity index (χ2n) is 2.74. The van der Waals surface area contributed by atoms with Gasteiger partial charge in [-0.15, -0.1) is 0 Å². The topological polar surface area (TPSA) is 41.1 Å². The van der Waals surface area contributed by atoms with Crippen molar-refractivity contribution in [3.05, 3.63) is 0 Å². The summed E-state index contributed by atoms with van der Waals surface area (Å²) in [6.07, 6.45) is 3.12. The van der Waals surface area contributed by atoms with Crippen LogP contribution in [0.1, 0.15) is 12.8 Å². The van der Waals surface area contributed by atoms with Crippen molar-refractivity contribution in [2.45, 2.75) is 12.8 Å². The molecule has 0 spiro atoms. The highest BCUT2D eigenvalue weighted by molar-refractivity contribution is 5.45. The van der Waals surface area contributed by atoms with E-state index in [-0.39, 0.29) is 0 Å². The van der Waals surface area contributed by atoms with Gasteiger partial charge in [-0.05, 0) is 31.8 Å². The average molecular weight is 142 g/mol. The quantitative estimate of drug-likeness (QED) is 0.410. The SMILES string of the molecule is O=CNCCCC1CNC1. The van der Waals surface area contributed by atoms with E-state index in [0.717, 1.165) is 25.3 Å². The van der Waals surface area contributed by atoms with E-state index in [9.17, 15) is 4.79 Å². The second kappa shape index (κ2) is 4.28. The highest BCUT2D eigenvalue weighted by Crippen LogP contribution is 2.09. The Hall–Kier alpha value is -0.570. The zero-order chi connectivity index (χ0) is 7.23. The first-order valence-corrected chi connectivity index (χ1v) is 3.81. The Morgan fingerprint density at radius 2 is 2.40 bits per heavy atom. The summed E-state index contributed by atoms with van der Waals surface area (Å²) in [5.41, 5.74) is 0. The van der Waals surface area contributed by atoms with Gasteiger partial charge < -0.3 is 10.6 Å². The van der Waals surface area contributed by atoms with Crippen LogP contribution in [0.3, 0.4) is 0 Å². The summed E-state index contributed by atoms with van der Waals surface area (Å²) >= 11 is 0. The second-order valence-corrected chi connectivity index (χ2v) is 2.74. The van der Waals surface area contributed by atoms with E-state index in [2.05, 4.69) is 10.6 Å². The fourth-order valence-electron chi connectivity index (χ4n) is 1.10. The van der Waals surface area contributed by atoms with Gasteiger partial charge in [0.1, 0.15) is 0 Å². The van der Waals surface area contributed by atoms with E-state index in [1.807, 2.05) is 0 Å². The van der Waals surface area contributed by atoms with Crippen LogP contribution >= 0.6 is 0 Å². The van der Waals surface area contributed by atoms with Gasteiger partial charge in [0, 0.05) is 6.54 Å². The van der Waals surface area contributed by atoms with Gasteiger partial charge >= 0.3 is 0 Å². The Labute approximate surface area is 61.2 Å². The van der Waals surface area contributed by atoms with Crippen LogP contribution in [0, 0.1) is 5.92 Å². The van der Waals surface area contributed by atoms with Crippen LogP contribution in [-0.4, -0.2) is 26.0 Å². The molecule has 58 valence electrons. The largest absolute Gasteiger partial charge is 0.359 e. The highest BCUT2D eigenvalue weighted by Gasteiger charge is 2.14. The first kappa shape index (κ1) is 7.54. The maximum Gasteiger partial charge on any atom is 0.207 e. The molecule has 1 saturated heterocycles. The van der Waals surface area contributed by atoms with Crippen LogP contribution in [0.4, 0.5) is 0 Å². The van der Waals surface area contributed by atoms with Gasteiger partial charge in [0.25, 0.3) is 0 Å². The molecule has 0 aromatic carbocycles. The minimum absolute atomic E-state index is 0.763. The maximum absolute atomic E-state index is 9.81. The lowest BCUT2D eigenvalue weighted by Gasteiger charge is -2.26. The molecule has 3 nitrogen and oxygen atoms in total. The minimum atomic E-state index is 0.763. The predicted octanol–water partition coefficient (Wildman–Crippen LogP) is -0.268. The van der Waals surface area contributed by atoms with Crippen molar-refractivity contribution in [1.82, 2.24) is 10.6 Å². The molecule has 1 heterocycles. The summed E-state index contributed by atoms with van der Waals surface area (Å²) in [5.74, 6) is 0.869. The molecule has 2 N–H and O–H groups in total. The fourth-order valence-corrected chi connectivity index (χ4v) is 1.10. The van der Waals surface area contributed by atoms with E-state index >= 15 is 0 Å². The fraction of sp³-hybridized carbons (Fsp3) is 0.857. The molecule has 1 rings (SSSR count). The van der Waals surface area contributed by atoms with Crippen molar-refractivity contribution < 1.29 is 4.79 Å². The summed E-state index contributed by atoms with van der Waals surface area (Å²) in [4.78, 5) is 9.81. The molecule has 0 saturated carbocycles. The van der Waals surface area contributed by atoms with Crippen LogP contribution < -0.4 is 10.6 Å². The average Bonchev–Trinajstić information content (AvgIpc) is 1.84. The van der Waals surface area contributed by atoms with E-state index < -0.39 is 0 Å². The lowest BCUT2D eigenvalue weighted by atomic mass is 9.98. The molecule has 0 aromatic rings. The molecule has 0 aromatic heterocycles. The van der Waals surface area contributed by atoms with Crippen molar-refractivity contribution in [3.63, 3.8) is 0 Å². The van der Waals surface area contributed by atoms with Crippen molar-refractivity contribution in [1.29, 1.82) is 0 Å². The number of hydrogen-bond acceptors (Lipinski definition) is 2. The number of amides is 1. The summed E-state index contributed by atoms with van der Waals surface area (Å²) < 4.78 is 0. The van der Waals surface area contributed by atoms with Gasteiger partial charge in [-0.2, -0.15) is 0 Å². The molecule has 10 heavy (non-hydrogen) atoms. The number of nitrogens with one attached hydrogen (secondary N) is 2. The Balaban J connectivity index is 1.80. The van der Waals surface area contributed by atoms with Gasteiger partial charge in [-0.25, -0.2) is 0 Å². The highest BCUT2D eigenvalue weighted by atomic mass is 16.1. The Morgan fingerprint density at radius 1 is 1.60 bits per heavy atom. The van der Waals surface area contributed by atoms with Gasteiger partial charge in [-0.3, -0.25) is 4.79 Å². The van der Waals surface area contributed by atoms with Crippen molar-refractivity contribution >= 4 is 6.41 Å². The third-order valence-corrected chi connectivity index (χ3v) is 1.88. The van der Waals surface area contributed by atoms with Crippen molar-refractivity contribution in [2.24, 2.45) is 5.92 Å². The van der Waals surface area contributed by atoms with E-state index in [1.165, 1.54) is 19.5 Å². The Bertz CT molecular complexity index is 102. The number of rotatable bonds is 5. The number of carbonyl (C=O) groups is 1. The molecule has 1 fully saturated rings. The monoisotopic (exact) mass is 142 g/mol.